The minimum atomic E-state index is -0.951. The van der Waals surface area contributed by atoms with Gasteiger partial charge < -0.3 is 19.7 Å². The average Bonchev–Trinajstić information content (AvgIpc) is 3.01. The lowest BCUT2D eigenvalue weighted by molar-refractivity contribution is 0.00578. The Morgan fingerprint density at radius 2 is 1.87 bits per heavy atom. The molecule has 0 spiro atoms. The summed E-state index contributed by atoms with van der Waals surface area (Å²) < 4.78 is 27.1. The van der Waals surface area contributed by atoms with Crippen molar-refractivity contribution in [2.75, 3.05) is 19.6 Å². The molecule has 0 bridgehead atoms. The van der Waals surface area contributed by atoms with E-state index in [1.54, 1.807) is 6.07 Å². The van der Waals surface area contributed by atoms with Gasteiger partial charge in [0.05, 0.1) is 11.2 Å². The molecule has 6 nitrogen and oxygen atoms in total. The van der Waals surface area contributed by atoms with Crippen LogP contribution in [0.4, 0.5) is 9.18 Å². The van der Waals surface area contributed by atoms with E-state index in [9.17, 15) is 4.79 Å². The number of carbonyl (C=O) groups is 1. The minimum absolute atomic E-state index is 0.210. The maximum absolute atomic E-state index is 15.0. The summed E-state index contributed by atoms with van der Waals surface area (Å²) in [6, 6.07) is 5.63. The summed E-state index contributed by atoms with van der Waals surface area (Å²) in [6.07, 6.45) is 0.673. The zero-order valence-electron chi connectivity index (χ0n) is 19.2. The molecule has 4 rings (SSSR count). The Balaban J connectivity index is 1.36. The highest BCUT2D eigenvalue weighted by molar-refractivity contribution is 6.62. The molecule has 0 radical (unpaired) electrons. The van der Waals surface area contributed by atoms with E-state index >= 15 is 4.39 Å². The summed E-state index contributed by atoms with van der Waals surface area (Å²) in [4.78, 5) is 13.2. The monoisotopic (exact) mass is 432 g/mol. The van der Waals surface area contributed by atoms with Crippen LogP contribution in [0.3, 0.4) is 0 Å². The molecule has 170 valence electrons. The maximum Gasteiger partial charge on any atom is 0.494 e. The Kier molecular flexibility index (Phi) is 5.86. The van der Waals surface area contributed by atoms with Crippen LogP contribution in [0.1, 0.15) is 46.6 Å². The fourth-order valence-electron chi connectivity index (χ4n) is 5.13. The SMILES string of the molecule is CCC(Cc1ccc(B2OC(C)(C)C(C)(C)O2)cc1F)N1CC2C(CNC(=O)O)C2C1. The van der Waals surface area contributed by atoms with Crippen molar-refractivity contribution in [1.29, 1.82) is 0 Å². The van der Waals surface area contributed by atoms with Gasteiger partial charge >= 0.3 is 13.2 Å². The van der Waals surface area contributed by atoms with Gasteiger partial charge in [-0.15, -0.1) is 0 Å². The molecule has 3 aliphatic rings. The van der Waals surface area contributed by atoms with Crippen LogP contribution in [-0.2, 0) is 15.7 Å². The van der Waals surface area contributed by atoms with Crippen molar-refractivity contribution in [2.24, 2.45) is 17.8 Å². The first-order chi connectivity index (χ1) is 14.5. The lowest BCUT2D eigenvalue weighted by Gasteiger charge is -2.32. The molecular weight excluding hydrogens is 398 g/mol. The van der Waals surface area contributed by atoms with Gasteiger partial charge in [-0.05, 0) is 75.4 Å². The smallest absolute Gasteiger partial charge is 0.465 e. The number of carboxylic acid groups (broad SMARTS) is 1. The second kappa shape index (κ2) is 8.05. The van der Waals surface area contributed by atoms with Gasteiger partial charge in [0, 0.05) is 25.7 Å². The van der Waals surface area contributed by atoms with Gasteiger partial charge in [-0.1, -0.05) is 19.1 Å². The van der Waals surface area contributed by atoms with Crippen LogP contribution in [0.15, 0.2) is 18.2 Å². The van der Waals surface area contributed by atoms with E-state index in [0.717, 1.165) is 25.1 Å². The van der Waals surface area contributed by atoms with Crippen LogP contribution in [0.2, 0.25) is 0 Å². The zero-order chi connectivity index (χ0) is 22.6. The van der Waals surface area contributed by atoms with Crippen molar-refractivity contribution < 1.29 is 23.6 Å². The number of benzene rings is 1. The number of nitrogens with zero attached hydrogens (tertiary/aromatic N) is 1. The van der Waals surface area contributed by atoms with Crippen LogP contribution in [0.25, 0.3) is 0 Å². The molecule has 3 unspecified atom stereocenters. The molecule has 0 aromatic heterocycles. The van der Waals surface area contributed by atoms with E-state index in [1.807, 2.05) is 39.8 Å². The number of nitrogens with one attached hydrogen (secondary N) is 1. The molecule has 31 heavy (non-hydrogen) atoms. The van der Waals surface area contributed by atoms with Gasteiger partial charge in [0.1, 0.15) is 5.82 Å². The second-order valence-corrected chi connectivity index (χ2v) is 10.3. The summed E-state index contributed by atoms with van der Waals surface area (Å²) in [6.45, 7) is 12.6. The molecule has 1 aliphatic carbocycles. The summed E-state index contributed by atoms with van der Waals surface area (Å²) >= 11 is 0. The molecule has 3 atom stereocenters. The molecule has 1 amide bonds. The Bertz CT molecular complexity index is 821. The van der Waals surface area contributed by atoms with Crippen molar-refractivity contribution >= 4 is 18.7 Å². The Labute approximate surface area is 184 Å². The van der Waals surface area contributed by atoms with E-state index in [-0.39, 0.29) is 11.9 Å². The molecule has 2 heterocycles. The number of rotatable bonds is 7. The highest BCUT2D eigenvalue weighted by Crippen LogP contribution is 2.52. The van der Waals surface area contributed by atoms with Crippen LogP contribution in [0, 0.1) is 23.6 Å². The summed E-state index contributed by atoms with van der Waals surface area (Å²) in [7, 11) is -0.558. The minimum Gasteiger partial charge on any atom is -0.465 e. The first kappa shape index (κ1) is 22.6. The highest BCUT2D eigenvalue weighted by Gasteiger charge is 2.56. The topological polar surface area (TPSA) is 71.0 Å². The Hall–Kier alpha value is -1.64. The molecule has 1 aromatic carbocycles. The van der Waals surface area contributed by atoms with Crippen molar-refractivity contribution in [3.05, 3.63) is 29.6 Å². The van der Waals surface area contributed by atoms with E-state index in [4.69, 9.17) is 14.4 Å². The maximum atomic E-state index is 15.0. The highest BCUT2D eigenvalue weighted by atomic mass is 19.1. The Morgan fingerprint density at radius 3 is 2.39 bits per heavy atom. The standard InChI is InChI=1S/C23H34BFN2O4/c1-6-16(27-12-18-17(19(18)13-27)11-26-21(28)29)9-14-7-8-15(10-20(14)25)24-30-22(2,3)23(4,5)31-24/h7-8,10,16-19,26H,6,9,11-13H2,1-5H3,(H,28,29). The van der Waals surface area contributed by atoms with E-state index in [1.165, 1.54) is 0 Å². The molecule has 8 heteroatoms. The normalized spacial score (nSPS) is 29.6. The average molecular weight is 432 g/mol. The number of halogens is 1. The largest absolute Gasteiger partial charge is 0.494 e. The lowest BCUT2D eigenvalue weighted by atomic mass is 9.78. The summed E-state index contributed by atoms with van der Waals surface area (Å²) in [5.41, 5.74) is 0.532. The van der Waals surface area contributed by atoms with Gasteiger partial charge in [-0.25, -0.2) is 9.18 Å². The molecular formula is C23H34BFN2O4. The number of hydrogen-bond donors (Lipinski definition) is 2. The van der Waals surface area contributed by atoms with E-state index in [2.05, 4.69) is 17.1 Å². The fraction of sp³-hybridized carbons (Fsp3) is 0.696. The Morgan fingerprint density at radius 1 is 1.26 bits per heavy atom. The predicted molar refractivity (Wildman–Crippen MR) is 118 cm³/mol. The third-order valence-electron chi connectivity index (χ3n) is 7.93. The first-order valence-corrected chi connectivity index (χ1v) is 11.4. The molecule has 2 aliphatic heterocycles. The third kappa shape index (κ3) is 4.34. The van der Waals surface area contributed by atoms with Crippen molar-refractivity contribution in [1.82, 2.24) is 10.2 Å². The van der Waals surface area contributed by atoms with Gasteiger partial charge in [-0.2, -0.15) is 0 Å². The van der Waals surface area contributed by atoms with Crippen LogP contribution < -0.4 is 10.8 Å². The van der Waals surface area contributed by atoms with Gasteiger partial charge in [0.15, 0.2) is 0 Å². The number of piperidine rings is 1. The van der Waals surface area contributed by atoms with Gasteiger partial charge in [-0.3, -0.25) is 4.90 Å². The number of amides is 1. The summed E-state index contributed by atoms with van der Waals surface area (Å²) in [5, 5.41) is 11.3. The number of fused-ring (bicyclic) bond motifs is 1. The lowest BCUT2D eigenvalue weighted by Crippen LogP contribution is -2.41. The molecule has 2 N–H and O–H groups in total. The van der Waals surface area contributed by atoms with Crippen LogP contribution in [0.5, 0.6) is 0 Å². The zero-order valence-corrected chi connectivity index (χ0v) is 19.2. The van der Waals surface area contributed by atoms with Crippen LogP contribution in [-0.4, -0.2) is 60.1 Å². The second-order valence-electron chi connectivity index (χ2n) is 10.3. The van der Waals surface area contributed by atoms with Gasteiger partial charge in [0.25, 0.3) is 0 Å². The van der Waals surface area contributed by atoms with E-state index < -0.39 is 24.4 Å². The van der Waals surface area contributed by atoms with Crippen LogP contribution >= 0.6 is 0 Å². The number of likely N-dealkylation sites (tertiary alicyclic amines) is 1. The molecule has 3 fully saturated rings. The first-order valence-electron chi connectivity index (χ1n) is 11.4. The third-order valence-corrected chi connectivity index (χ3v) is 7.93. The van der Waals surface area contributed by atoms with Gasteiger partial charge in [0.2, 0.25) is 0 Å². The van der Waals surface area contributed by atoms with Crippen molar-refractivity contribution in [3.8, 4) is 0 Å². The number of hydrogen-bond acceptors (Lipinski definition) is 4. The fourth-order valence-corrected chi connectivity index (χ4v) is 5.13. The summed E-state index contributed by atoms with van der Waals surface area (Å²) in [5.74, 6) is 1.38. The predicted octanol–water partition coefficient (Wildman–Crippen LogP) is 2.89. The molecule has 1 saturated carbocycles. The quantitative estimate of drug-likeness (QED) is 0.649. The van der Waals surface area contributed by atoms with E-state index in [0.29, 0.717) is 36.2 Å². The van der Waals surface area contributed by atoms with Crippen molar-refractivity contribution in [3.63, 3.8) is 0 Å². The van der Waals surface area contributed by atoms with Crippen molar-refractivity contribution in [2.45, 2.75) is 64.7 Å². The molecule has 2 saturated heterocycles. The molecule has 1 aromatic rings.